The van der Waals surface area contributed by atoms with Gasteiger partial charge in [0, 0.05) is 33.5 Å². The van der Waals surface area contributed by atoms with E-state index < -0.39 is 0 Å². The maximum atomic E-state index is 13.4. The van der Waals surface area contributed by atoms with E-state index in [9.17, 15) is 9.18 Å². The van der Waals surface area contributed by atoms with Crippen molar-refractivity contribution >= 4 is 28.3 Å². The minimum Gasteiger partial charge on any atom is -0.355 e. The molecule has 0 aliphatic rings. The average Bonchev–Trinajstić information content (AvgIpc) is 3.06. The average molecular weight is 345 g/mol. The van der Waals surface area contributed by atoms with E-state index in [1.807, 2.05) is 60.7 Å². The zero-order chi connectivity index (χ0) is 17.9. The Bertz CT molecular complexity index is 1070. The van der Waals surface area contributed by atoms with Crippen LogP contribution >= 0.6 is 0 Å². The third-order valence-corrected chi connectivity index (χ3v) is 4.05. The number of aromatic amines is 1. The lowest BCUT2D eigenvalue weighted by Crippen LogP contribution is -2.19. The molecule has 0 bridgehead atoms. The van der Waals surface area contributed by atoms with E-state index >= 15 is 0 Å². The summed E-state index contributed by atoms with van der Waals surface area (Å²) < 4.78 is 13.4. The van der Waals surface area contributed by atoms with E-state index in [0.717, 1.165) is 27.8 Å². The molecule has 5 heteroatoms. The Morgan fingerprint density at radius 2 is 1.58 bits per heavy atom. The Hall–Kier alpha value is -3.60. The van der Waals surface area contributed by atoms with E-state index in [2.05, 4.69) is 15.6 Å². The minimum atomic E-state index is -0.313. The van der Waals surface area contributed by atoms with Crippen LogP contribution in [0.5, 0.6) is 0 Å². The van der Waals surface area contributed by atoms with Crippen molar-refractivity contribution < 1.29 is 9.18 Å². The van der Waals surface area contributed by atoms with Crippen LogP contribution in [0.4, 0.5) is 20.6 Å². The number of halogens is 1. The molecule has 0 aliphatic carbocycles. The number of aromatic nitrogens is 1. The number of carbonyl (C=O) groups excluding carboxylic acids is 1. The maximum Gasteiger partial charge on any atom is 0.323 e. The molecule has 0 aliphatic heterocycles. The fourth-order valence-corrected chi connectivity index (χ4v) is 2.84. The van der Waals surface area contributed by atoms with Crippen LogP contribution in [0.3, 0.4) is 0 Å². The van der Waals surface area contributed by atoms with Gasteiger partial charge in [0.1, 0.15) is 5.82 Å². The fraction of sp³-hybridized carbons (Fsp3) is 0. The predicted octanol–water partition coefficient (Wildman–Crippen LogP) is 5.62. The molecule has 3 N–H and O–H groups in total. The van der Waals surface area contributed by atoms with Gasteiger partial charge >= 0.3 is 6.03 Å². The van der Waals surface area contributed by atoms with Gasteiger partial charge in [-0.1, -0.05) is 30.3 Å². The first-order valence-corrected chi connectivity index (χ1v) is 8.19. The number of amides is 2. The highest BCUT2D eigenvalue weighted by Crippen LogP contribution is 2.26. The van der Waals surface area contributed by atoms with E-state index in [1.54, 1.807) is 6.07 Å². The number of carbonyl (C=O) groups is 1. The molecule has 4 aromatic rings. The van der Waals surface area contributed by atoms with Gasteiger partial charge < -0.3 is 15.6 Å². The maximum absolute atomic E-state index is 13.4. The summed E-state index contributed by atoms with van der Waals surface area (Å²) in [6.07, 6.45) is 0. The van der Waals surface area contributed by atoms with Crippen molar-refractivity contribution in [2.45, 2.75) is 0 Å². The summed E-state index contributed by atoms with van der Waals surface area (Å²) in [5.41, 5.74) is 4.01. The van der Waals surface area contributed by atoms with Gasteiger partial charge in [0.05, 0.1) is 0 Å². The molecular weight excluding hydrogens is 329 g/mol. The highest BCUT2D eigenvalue weighted by atomic mass is 19.1. The molecule has 0 radical (unpaired) electrons. The Morgan fingerprint density at radius 3 is 2.42 bits per heavy atom. The normalized spacial score (nSPS) is 10.7. The van der Waals surface area contributed by atoms with Gasteiger partial charge in [0.15, 0.2) is 0 Å². The number of fused-ring (bicyclic) bond motifs is 1. The molecule has 0 unspecified atom stereocenters. The summed E-state index contributed by atoms with van der Waals surface area (Å²) in [4.78, 5) is 15.4. The van der Waals surface area contributed by atoms with Crippen LogP contribution in [-0.4, -0.2) is 11.0 Å². The van der Waals surface area contributed by atoms with Crippen molar-refractivity contribution in [2.24, 2.45) is 0 Å². The minimum absolute atomic E-state index is 0.268. The predicted molar refractivity (Wildman–Crippen MR) is 103 cm³/mol. The summed E-state index contributed by atoms with van der Waals surface area (Å²) in [5, 5.41) is 6.40. The third kappa shape index (κ3) is 3.42. The SMILES string of the molecule is O=C(Nc1ccccc1)Nc1cccc(-c2cc3cc(F)ccc3[nH]2)c1. The van der Waals surface area contributed by atoms with Gasteiger partial charge in [-0.25, -0.2) is 9.18 Å². The number of urea groups is 1. The lowest BCUT2D eigenvalue weighted by Gasteiger charge is -2.08. The van der Waals surface area contributed by atoms with Gasteiger partial charge in [-0.15, -0.1) is 0 Å². The molecule has 1 heterocycles. The van der Waals surface area contributed by atoms with Crippen molar-refractivity contribution in [3.63, 3.8) is 0 Å². The molecule has 1 aromatic heterocycles. The Kier molecular flexibility index (Phi) is 4.11. The molecule has 0 fully saturated rings. The monoisotopic (exact) mass is 345 g/mol. The number of hydrogen-bond donors (Lipinski definition) is 3. The molecule has 128 valence electrons. The largest absolute Gasteiger partial charge is 0.355 e. The zero-order valence-corrected chi connectivity index (χ0v) is 13.8. The van der Waals surface area contributed by atoms with Crippen molar-refractivity contribution in [1.29, 1.82) is 0 Å². The van der Waals surface area contributed by atoms with Crippen LogP contribution in [0.25, 0.3) is 22.2 Å². The first-order valence-electron chi connectivity index (χ1n) is 8.19. The van der Waals surface area contributed by atoms with Crippen LogP contribution in [0.2, 0.25) is 0 Å². The summed E-state index contributed by atoms with van der Waals surface area (Å²) in [6.45, 7) is 0. The molecular formula is C21H16FN3O. The quantitative estimate of drug-likeness (QED) is 0.443. The lowest BCUT2D eigenvalue weighted by atomic mass is 10.1. The Morgan fingerprint density at radius 1 is 0.808 bits per heavy atom. The van der Waals surface area contributed by atoms with Crippen LogP contribution in [0, 0.1) is 5.82 Å². The third-order valence-electron chi connectivity index (χ3n) is 4.05. The van der Waals surface area contributed by atoms with E-state index in [4.69, 9.17) is 0 Å². The molecule has 0 atom stereocenters. The Balaban J connectivity index is 1.55. The molecule has 2 amide bonds. The standard InChI is InChI=1S/C21H16FN3O/c22-16-9-10-19-15(11-16)13-20(25-19)14-5-4-8-18(12-14)24-21(26)23-17-6-2-1-3-7-17/h1-13,25H,(H2,23,24,26). The molecule has 3 aromatic carbocycles. The molecule has 26 heavy (non-hydrogen) atoms. The topological polar surface area (TPSA) is 56.9 Å². The number of para-hydroxylation sites is 1. The second kappa shape index (κ2) is 6.72. The smallest absolute Gasteiger partial charge is 0.323 e. The lowest BCUT2D eigenvalue weighted by molar-refractivity contribution is 0.262. The van der Waals surface area contributed by atoms with Crippen LogP contribution in [-0.2, 0) is 0 Å². The van der Waals surface area contributed by atoms with Crippen molar-refractivity contribution in [2.75, 3.05) is 10.6 Å². The van der Waals surface area contributed by atoms with E-state index in [1.165, 1.54) is 12.1 Å². The first kappa shape index (κ1) is 15.9. The fourth-order valence-electron chi connectivity index (χ4n) is 2.84. The number of anilines is 2. The van der Waals surface area contributed by atoms with Crippen LogP contribution < -0.4 is 10.6 Å². The second-order valence-corrected chi connectivity index (χ2v) is 5.94. The van der Waals surface area contributed by atoms with Crippen molar-refractivity contribution in [3.05, 3.63) is 84.7 Å². The van der Waals surface area contributed by atoms with E-state index in [-0.39, 0.29) is 11.8 Å². The van der Waals surface area contributed by atoms with Crippen LogP contribution in [0.15, 0.2) is 78.9 Å². The second-order valence-electron chi connectivity index (χ2n) is 5.94. The zero-order valence-electron chi connectivity index (χ0n) is 13.8. The van der Waals surface area contributed by atoms with Crippen molar-refractivity contribution in [1.82, 2.24) is 4.98 Å². The van der Waals surface area contributed by atoms with Gasteiger partial charge in [-0.3, -0.25) is 0 Å². The molecule has 0 saturated carbocycles. The van der Waals surface area contributed by atoms with Gasteiger partial charge in [-0.05, 0) is 48.5 Å². The number of rotatable bonds is 3. The van der Waals surface area contributed by atoms with Gasteiger partial charge in [-0.2, -0.15) is 0 Å². The molecule has 0 saturated heterocycles. The molecule has 4 rings (SSSR count). The first-order chi connectivity index (χ1) is 12.7. The summed E-state index contributed by atoms with van der Waals surface area (Å²) in [5.74, 6) is -0.268. The Labute approximate surface area is 149 Å². The highest BCUT2D eigenvalue weighted by molar-refractivity contribution is 6.00. The number of nitrogens with one attached hydrogen (secondary N) is 3. The molecule has 4 nitrogen and oxygen atoms in total. The summed E-state index contributed by atoms with van der Waals surface area (Å²) >= 11 is 0. The van der Waals surface area contributed by atoms with Crippen molar-refractivity contribution in [3.8, 4) is 11.3 Å². The van der Waals surface area contributed by atoms with E-state index in [0.29, 0.717) is 5.69 Å². The number of benzene rings is 3. The number of H-pyrrole nitrogens is 1. The summed E-state index contributed by atoms with van der Waals surface area (Å²) in [7, 11) is 0. The van der Waals surface area contributed by atoms with Crippen LogP contribution in [0.1, 0.15) is 0 Å². The number of hydrogen-bond acceptors (Lipinski definition) is 1. The van der Waals surface area contributed by atoms with Gasteiger partial charge in [0.2, 0.25) is 0 Å². The summed E-state index contributed by atoms with van der Waals surface area (Å²) in [6, 6.07) is 22.9. The van der Waals surface area contributed by atoms with Gasteiger partial charge in [0.25, 0.3) is 0 Å². The molecule has 0 spiro atoms. The highest BCUT2D eigenvalue weighted by Gasteiger charge is 2.07.